The average Bonchev–Trinajstić information content (AvgIpc) is 3.28. The summed E-state index contributed by atoms with van der Waals surface area (Å²) in [7, 11) is 0. The second-order valence-corrected chi connectivity index (χ2v) is 7.82. The topological polar surface area (TPSA) is 86.7 Å². The Morgan fingerprint density at radius 3 is 2.33 bits per heavy atom. The molecule has 3 rings (SSSR count). The zero-order chi connectivity index (χ0) is 17.2. The molecule has 0 aromatic carbocycles. The molecule has 24 heavy (non-hydrogen) atoms. The first-order valence-corrected chi connectivity index (χ1v) is 9.27. The Kier molecular flexibility index (Phi) is 5.11. The van der Waals surface area contributed by atoms with Crippen LogP contribution in [0.3, 0.4) is 0 Å². The van der Waals surface area contributed by atoms with Crippen molar-refractivity contribution in [2.45, 2.75) is 57.8 Å². The van der Waals surface area contributed by atoms with Gasteiger partial charge >= 0.3 is 5.97 Å². The van der Waals surface area contributed by atoms with Crippen LogP contribution in [0.4, 0.5) is 0 Å². The molecule has 134 valence electrons. The van der Waals surface area contributed by atoms with Gasteiger partial charge < -0.3 is 15.3 Å². The number of piperidine rings is 1. The number of likely N-dealkylation sites (tertiary alicyclic amines) is 1. The van der Waals surface area contributed by atoms with Gasteiger partial charge in [0.15, 0.2) is 0 Å². The van der Waals surface area contributed by atoms with Gasteiger partial charge in [-0.3, -0.25) is 14.4 Å². The molecule has 0 radical (unpaired) electrons. The van der Waals surface area contributed by atoms with E-state index in [1.54, 1.807) is 4.90 Å². The van der Waals surface area contributed by atoms with Gasteiger partial charge in [0.25, 0.3) is 0 Å². The molecule has 1 aliphatic heterocycles. The average molecular weight is 336 g/mol. The van der Waals surface area contributed by atoms with Gasteiger partial charge in [0.1, 0.15) is 0 Å². The third kappa shape index (κ3) is 3.90. The van der Waals surface area contributed by atoms with Crippen molar-refractivity contribution in [2.24, 2.45) is 17.3 Å². The van der Waals surface area contributed by atoms with E-state index in [0.717, 1.165) is 32.1 Å². The fourth-order valence-electron chi connectivity index (χ4n) is 4.46. The smallest absolute Gasteiger partial charge is 0.307 e. The third-order valence-electron chi connectivity index (χ3n) is 6.24. The van der Waals surface area contributed by atoms with E-state index < -0.39 is 5.97 Å². The lowest BCUT2D eigenvalue weighted by molar-refractivity contribution is -0.140. The van der Waals surface area contributed by atoms with Crippen molar-refractivity contribution >= 4 is 17.8 Å². The number of amides is 2. The minimum absolute atomic E-state index is 0.0168. The van der Waals surface area contributed by atoms with E-state index in [1.165, 1.54) is 19.3 Å². The summed E-state index contributed by atoms with van der Waals surface area (Å²) < 4.78 is 0. The normalized spacial score (nSPS) is 26.2. The molecule has 2 saturated carbocycles. The molecule has 1 heterocycles. The number of aliphatic carboxylic acids is 1. The SMILES string of the molecule is O=C(CC1CCCCC1)NCC(=O)N1CCC2(CC1)CC2C(=O)O. The fourth-order valence-corrected chi connectivity index (χ4v) is 4.46. The van der Waals surface area contributed by atoms with Crippen LogP contribution in [0, 0.1) is 17.3 Å². The summed E-state index contributed by atoms with van der Waals surface area (Å²) in [5, 5.41) is 11.9. The molecule has 3 aliphatic rings. The minimum atomic E-state index is -0.704. The van der Waals surface area contributed by atoms with Crippen LogP contribution in [-0.4, -0.2) is 47.4 Å². The Morgan fingerprint density at radius 1 is 1.08 bits per heavy atom. The van der Waals surface area contributed by atoms with Gasteiger partial charge in [-0.25, -0.2) is 0 Å². The van der Waals surface area contributed by atoms with Crippen molar-refractivity contribution in [1.82, 2.24) is 10.2 Å². The van der Waals surface area contributed by atoms with Gasteiger partial charge in [0.05, 0.1) is 12.5 Å². The number of hydrogen-bond donors (Lipinski definition) is 2. The van der Waals surface area contributed by atoms with Gasteiger partial charge in [-0.2, -0.15) is 0 Å². The van der Waals surface area contributed by atoms with Crippen LogP contribution < -0.4 is 5.32 Å². The molecular formula is C18H28N2O4. The Hall–Kier alpha value is -1.59. The van der Waals surface area contributed by atoms with Crippen molar-refractivity contribution in [1.29, 1.82) is 0 Å². The number of carbonyl (C=O) groups excluding carboxylic acids is 2. The number of hydrogen-bond acceptors (Lipinski definition) is 3. The lowest BCUT2D eigenvalue weighted by Crippen LogP contribution is -2.45. The van der Waals surface area contributed by atoms with Gasteiger partial charge in [0.2, 0.25) is 11.8 Å². The van der Waals surface area contributed by atoms with Crippen molar-refractivity contribution in [3.63, 3.8) is 0 Å². The van der Waals surface area contributed by atoms with Crippen molar-refractivity contribution < 1.29 is 19.5 Å². The molecule has 6 heteroatoms. The third-order valence-corrected chi connectivity index (χ3v) is 6.24. The minimum Gasteiger partial charge on any atom is -0.481 e. The van der Waals surface area contributed by atoms with Gasteiger partial charge in [-0.15, -0.1) is 0 Å². The van der Waals surface area contributed by atoms with Crippen molar-refractivity contribution in [3.05, 3.63) is 0 Å². The van der Waals surface area contributed by atoms with E-state index in [0.29, 0.717) is 25.4 Å². The first-order chi connectivity index (χ1) is 11.5. The fraction of sp³-hybridized carbons (Fsp3) is 0.833. The number of carboxylic acid groups (broad SMARTS) is 1. The number of rotatable bonds is 5. The molecule has 1 unspecified atom stereocenters. The maximum Gasteiger partial charge on any atom is 0.307 e. The highest BCUT2D eigenvalue weighted by atomic mass is 16.4. The molecule has 0 aromatic rings. The Labute approximate surface area is 143 Å². The summed E-state index contributed by atoms with van der Waals surface area (Å²) >= 11 is 0. The van der Waals surface area contributed by atoms with Crippen molar-refractivity contribution in [3.8, 4) is 0 Å². The van der Waals surface area contributed by atoms with E-state index in [-0.39, 0.29) is 29.7 Å². The molecule has 1 spiro atoms. The molecule has 2 aliphatic carbocycles. The molecule has 3 fully saturated rings. The number of carboxylic acids is 1. The zero-order valence-electron chi connectivity index (χ0n) is 14.3. The molecular weight excluding hydrogens is 308 g/mol. The summed E-state index contributed by atoms with van der Waals surface area (Å²) in [4.78, 5) is 37.0. The number of nitrogens with zero attached hydrogens (tertiary/aromatic N) is 1. The van der Waals surface area contributed by atoms with E-state index in [1.807, 2.05) is 0 Å². The number of carbonyl (C=O) groups is 3. The van der Waals surface area contributed by atoms with Crippen LogP contribution in [0.1, 0.15) is 57.8 Å². The monoisotopic (exact) mass is 336 g/mol. The summed E-state index contributed by atoms with van der Waals surface area (Å²) in [5.74, 6) is -0.507. The Balaban J connectivity index is 1.35. The summed E-state index contributed by atoms with van der Waals surface area (Å²) in [6.07, 6.45) is 8.78. The second-order valence-electron chi connectivity index (χ2n) is 7.82. The van der Waals surface area contributed by atoms with Crippen LogP contribution in [-0.2, 0) is 14.4 Å². The molecule has 1 saturated heterocycles. The largest absolute Gasteiger partial charge is 0.481 e. The van der Waals surface area contributed by atoms with Gasteiger partial charge in [-0.1, -0.05) is 19.3 Å². The van der Waals surface area contributed by atoms with Gasteiger partial charge in [0, 0.05) is 19.5 Å². The predicted molar refractivity (Wildman–Crippen MR) is 88.2 cm³/mol. The highest BCUT2D eigenvalue weighted by Crippen LogP contribution is 2.59. The van der Waals surface area contributed by atoms with Crippen LogP contribution in [0.25, 0.3) is 0 Å². The predicted octanol–water partition coefficient (Wildman–Crippen LogP) is 1.79. The lowest BCUT2D eigenvalue weighted by Gasteiger charge is -2.32. The van der Waals surface area contributed by atoms with E-state index in [2.05, 4.69) is 5.32 Å². The summed E-state index contributed by atoms with van der Waals surface area (Å²) in [6, 6.07) is 0. The van der Waals surface area contributed by atoms with Crippen LogP contribution in [0.15, 0.2) is 0 Å². The molecule has 2 amide bonds. The second kappa shape index (κ2) is 7.11. The summed E-state index contributed by atoms with van der Waals surface area (Å²) in [6.45, 7) is 1.29. The Bertz CT molecular complexity index is 505. The lowest BCUT2D eigenvalue weighted by atomic mass is 9.87. The zero-order valence-corrected chi connectivity index (χ0v) is 14.3. The molecule has 0 bridgehead atoms. The quantitative estimate of drug-likeness (QED) is 0.801. The maximum atomic E-state index is 12.2. The van der Waals surface area contributed by atoms with Crippen LogP contribution >= 0.6 is 0 Å². The Morgan fingerprint density at radius 2 is 1.75 bits per heavy atom. The van der Waals surface area contributed by atoms with E-state index in [4.69, 9.17) is 5.11 Å². The molecule has 1 atom stereocenters. The first kappa shape index (κ1) is 17.2. The van der Waals surface area contributed by atoms with Crippen LogP contribution in [0.5, 0.6) is 0 Å². The van der Waals surface area contributed by atoms with E-state index >= 15 is 0 Å². The van der Waals surface area contributed by atoms with Gasteiger partial charge in [-0.05, 0) is 43.4 Å². The van der Waals surface area contributed by atoms with Crippen molar-refractivity contribution in [2.75, 3.05) is 19.6 Å². The molecule has 0 aromatic heterocycles. The first-order valence-electron chi connectivity index (χ1n) is 9.27. The molecule has 2 N–H and O–H groups in total. The van der Waals surface area contributed by atoms with E-state index in [9.17, 15) is 14.4 Å². The standard InChI is InChI=1S/C18H28N2O4/c21-15(10-13-4-2-1-3-5-13)19-12-16(22)20-8-6-18(7-9-20)11-14(18)17(23)24/h13-14H,1-12H2,(H,19,21)(H,23,24). The molecule has 6 nitrogen and oxygen atoms in total. The summed E-state index contributed by atoms with van der Waals surface area (Å²) in [5.41, 5.74) is -0.0627. The highest BCUT2D eigenvalue weighted by Gasteiger charge is 2.59. The number of nitrogens with one attached hydrogen (secondary N) is 1. The van der Waals surface area contributed by atoms with Crippen LogP contribution in [0.2, 0.25) is 0 Å². The highest BCUT2D eigenvalue weighted by molar-refractivity contribution is 5.85. The maximum absolute atomic E-state index is 12.2.